The SMILES string of the molecule is C.C.C.C.COc1ccc2c(c1)C1(NN=C(c3ccccc3)S1)C(=O)N2Cc1ccccc1Cl.COc1ccccc1CN1C(=O)C2(NN=C(c3ccccc3)S2)c2ccccc21.O=C1N(Cc2cccc3cccnc23)c2ccccc2C12NN=C(c1ccccc1)S2.O=C1N(Cc2ccccn2)c2ccccc2C12NN=C(c1ccccc1)S2. The molecule has 4 N–H and O–H groups in total. The van der Waals surface area contributed by atoms with E-state index in [2.05, 4.69) is 52.1 Å². The van der Waals surface area contributed by atoms with Crippen molar-refractivity contribution >= 4 is 136 Å². The molecule has 4 amide bonds. The molecule has 11 aromatic carbocycles. The van der Waals surface area contributed by atoms with Gasteiger partial charge in [0.15, 0.2) is 0 Å². The van der Waals surface area contributed by atoms with Crippen molar-refractivity contribution in [2.45, 2.75) is 75.4 Å². The summed E-state index contributed by atoms with van der Waals surface area (Å²) in [6.45, 7) is 1.70. The van der Waals surface area contributed by atoms with Crippen LogP contribution in [0.25, 0.3) is 10.9 Å². The van der Waals surface area contributed by atoms with Gasteiger partial charge in [0.1, 0.15) is 31.7 Å². The molecule has 0 aliphatic carbocycles. The number of carbonyl (C=O) groups is 4. The highest BCUT2D eigenvalue weighted by Gasteiger charge is 2.59. The molecule has 25 heteroatoms. The monoisotopic (exact) mass is 1690 g/mol. The van der Waals surface area contributed by atoms with Crippen LogP contribution in [0, 0.1) is 0 Å². The van der Waals surface area contributed by atoms with Crippen LogP contribution in [-0.4, -0.2) is 68.0 Å². The van der Waals surface area contributed by atoms with Gasteiger partial charge in [-0.1, -0.05) is 331 Å². The van der Waals surface area contributed by atoms with E-state index in [0.717, 1.165) is 126 Å². The highest BCUT2D eigenvalue weighted by Crippen LogP contribution is 2.56. The van der Waals surface area contributed by atoms with Crippen LogP contribution >= 0.6 is 58.6 Å². The Hall–Kier alpha value is -13.0. The summed E-state index contributed by atoms with van der Waals surface area (Å²) in [7, 11) is 3.27. The van der Waals surface area contributed by atoms with Gasteiger partial charge in [-0.15, -0.1) is 0 Å². The van der Waals surface area contributed by atoms with Crippen molar-refractivity contribution in [2.24, 2.45) is 20.4 Å². The number of amides is 4. The maximum absolute atomic E-state index is 13.9. The van der Waals surface area contributed by atoms with Crippen molar-refractivity contribution in [2.75, 3.05) is 33.8 Å². The summed E-state index contributed by atoms with van der Waals surface area (Å²) >= 11 is 12.2. The summed E-state index contributed by atoms with van der Waals surface area (Å²) in [4.78, 5) is 67.1. The van der Waals surface area contributed by atoms with Crippen molar-refractivity contribution in [1.82, 2.24) is 31.7 Å². The topological polar surface area (TPSA) is 223 Å². The number of rotatable bonds is 14. The number of benzene rings is 11. The molecule has 0 saturated carbocycles. The Labute approximate surface area is 726 Å². The Balaban J connectivity index is 0.000000131. The normalized spacial score (nSPS) is 19.2. The zero-order valence-corrected chi connectivity index (χ0v) is 66.9. The third-order valence-electron chi connectivity index (χ3n) is 21.0. The molecule has 8 aliphatic rings. The molecule has 2 aromatic heterocycles. The number of hydrazone groups is 4. The molecule has 21 rings (SSSR count). The summed E-state index contributed by atoms with van der Waals surface area (Å²) in [6, 6.07) is 100. The minimum atomic E-state index is -1.03. The van der Waals surface area contributed by atoms with Crippen LogP contribution < -0.4 is 50.8 Å². The van der Waals surface area contributed by atoms with Gasteiger partial charge in [-0.05, 0) is 77.9 Å². The van der Waals surface area contributed by atoms with Crippen molar-refractivity contribution in [1.29, 1.82) is 0 Å². The van der Waals surface area contributed by atoms with Gasteiger partial charge in [-0.2, -0.15) is 20.4 Å². The lowest BCUT2D eigenvalue weighted by Gasteiger charge is -2.23. The van der Waals surface area contributed by atoms with E-state index in [1.165, 1.54) is 47.0 Å². The number of nitrogens with zero attached hydrogens (tertiary/aromatic N) is 10. The fraction of sp³-hybridized carbons (Fsp3) is 0.146. The Morgan fingerprint density at radius 1 is 0.331 bits per heavy atom. The molecule has 0 saturated heterocycles. The fourth-order valence-electron chi connectivity index (χ4n) is 15.3. The number of halogens is 1. The Bertz CT molecular complexity index is 6160. The first-order valence-electron chi connectivity index (χ1n) is 37.6. The summed E-state index contributed by atoms with van der Waals surface area (Å²) < 4.78 is 10.9. The lowest BCUT2D eigenvalue weighted by atomic mass is 10.1. The van der Waals surface area contributed by atoms with Crippen molar-refractivity contribution in [3.05, 3.63) is 394 Å². The van der Waals surface area contributed by atoms with E-state index in [-0.39, 0.29) is 53.3 Å². The van der Waals surface area contributed by atoms with Gasteiger partial charge in [-0.25, -0.2) is 0 Å². The number of anilines is 4. The van der Waals surface area contributed by atoms with E-state index >= 15 is 0 Å². The number of pyridine rings is 2. The molecule has 4 unspecified atom stereocenters. The van der Waals surface area contributed by atoms with E-state index in [1.54, 1.807) is 36.4 Å². The maximum Gasteiger partial charge on any atom is 0.270 e. The zero-order valence-electron chi connectivity index (χ0n) is 62.9. The van der Waals surface area contributed by atoms with Crippen LogP contribution in [0.3, 0.4) is 0 Å². The zero-order chi connectivity index (χ0) is 79.7. The molecule has 0 fully saturated rings. The largest absolute Gasteiger partial charge is 0.497 e. The molecule has 121 heavy (non-hydrogen) atoms. The molecule has 8 aliphatic heterocycles. The van der Waals surface area contributed by atoms with Crippen molar-refractivity contribution in [3.63, 3.8) is 0 Å². The molecular formula is C96H87ClN14O6S4. The predicted molar refractivity (Wildman–Crippen MR) is 496 cm³/mol. The quantitative estimate of drug-likeness (QED) is 0.0794. The maximum atomic E-state index is 13.9. The van der Waals surface area contributed by atoms with Gasteiger partial charge in [-0.3, -0.25) is 50.8 Å². The number of nitrogens with one attached hydrogen (secondary N) is 4. The third kappa shape index (κ3) is 15.5. The Morgan fingerprint density at radius 2 is 0.686 bits per heavy atom. The molecule has 13 aromatic rings. The first kappa shape index (κ1) is 84.5. The molecule has 0 radical (unpaired) electrons. The first-order valence-corrected chi connectivity index (χ1v) is 41.2. The third-order valence-corrected chi connectivity index (χ3v) is 26.6. The number of fused-ring (bicyclic) bond motifs is 9. The second-order valence-corrected chi connectivity index (χ2v) is 33.1. The smallest absolute Gasteiger partial charge is 0.270 e. The van der Waals surface area contributed by atoms with Crippen LogP contribution in [-0.2, 0) is 64.8 Å². The first-order chi connectivity index (χ1) is 57.4. The van der Waals surface area contributed by atoms with Crippen LogP contribution in [0.15, 0.2) is 342 Å². The average Bonchev–Trinajstić information content (AvgIpc) is 1.58. The highest BCUT2D eigenvalue weighted by molar-refractivity contribution is 8.17. The highest BCUT2D eigenvalue weighted by atomic mass is 35.5. The lowest BCUT2D eigenvalue weighted by Crippen LogP contribution is -2.44. The summed E-state index contributed by atoms with van der Waals surface area (Å²) in [6.07, 6.45) is 3.54. The number of para-hydroxylation sites is 5. The summed E-state index contributed by atoms with van der Waals surface area (Å²) in [5.74, 6) is 1.33. The van der Waals surface area contributed by atoms with E-state index in [0.29, 0.717) is 37.0 Å². The van der Waals surface area contributed by atoms with E-state index < -0.39 is 19.5 Å². The average molecular weight is 1700 g/mol. The second-order valence-electron chi connectivity index (χ2n) is 27.9. The lowest BCUT2D eigenvalue weighted by molar-refractivity contribution is -0.121. The summed E-state index contributed by atoms with van der Waals surface area (Å²) in [5.41, 5.74) is 28.4. The number of ether oxygens (including phenoxy) is 2. The Kier molecular flexibility index (Phi) is 25.1. The number of carbonyl (C=O) groups excluding carboxylic acids is 4. The van der Waals surface area contributed by atoms with E-state index in [4.69, 9.17) is 21.1 Å². The van der Waals surface area contributed by atoms with Crippen LogP contribution in [0.1, 0.15) is 96.6 Å². The van der Waals surface area contributed by atoms with Gasteiger partial charge in [0.25, 0.3) is 23.6 Å². The molecular weight excluding hydrogens is 1610 g/mol. The second kappa shape index (κ2) is 35.9. The number of hydrogen-bond donors (Lipinski definition) is 4. The van der Waals surface area contributed by atoms with Gasteiger partial charge >= 0.3 is 0 Å². The predicted octanol–water partition coefficient (Wildman–Crippen LogP) is 19.5. The van der Waals surface area contributed by atoms with Gasteiger partial charge in [0.05, 0.1) is 74.4 Å². The van der Waals surface area contributed by atoms with Crippen LogP contribution in [0.2, 0.25) is 5.02 Å². The number of thioether (sulfide) groups is 4. The van der Waals surface area contributed by atoms with Crippen molar-refractivity contribution in [3.8, 4) is 11.5 Å². The van der Waals surface area contributed by atoms with Crippen molar-refractivity contribution < 1.29 is 28.7 Å². The minimum absolute atomic E-state index is 0. The molecule has 4 spiro atoms. The van der Waals surface area contributed by atoms with Gasteiger partial charge in [0.2, 0.25) is 19.5 Å². The van der Waals surface area contributed by atoms with E-state index in [9.17, 15) is 19.2 Å². The number of aromatic nitrogens is 2. The molecule has 0 bridgehead atoms. The number of methoxy groups -OCH3 is 2. The minimum Gasteiger partial charge on any atom is -0.497 e. The van der Waals surface area contributed by atoms with Gasteiger partial charge < -0.3 is 29.1 Å². The summed E-state index contributed by atoms with van der Waals surface area (Å²) in [5, 5.41) is 23.0. The number of hydrogen-bond acceptors (Lipinski definition) is 20. The molecule has 608 valence electrons. The Morgan fingerprint density at radius 3 is 1.12 bits per heavy atom. The van der Waals surface area contributed by atoms with Crippen LogP contribution in [0.5, 0.6) is 11.5 Å². The molecule has 20 nitrogen and oxygen atoms in total. The van der Waals surface area contributed by atoms with Gasteiger partial charge in [0, 0.05) is 72.9 Å². The molecule has 10 heterocycles. The van der Waals surface area contributed by atoms with E-state index in [1.807, 2.05) is 319 Å². The fourth-order valence-corrected chi connectivity index (χ4v) is 20.3. The van der Waals surface area contributed by atoms with Crippen LogP contribution in [0.4, 0.5) is 22.7 Å². The standard InChI is InChI=1S/C25H18N4OS.C23H18ClN3O2S.C23H19N3O2S.C21H16N4OS.4CH4/c30-24-25(28-27-23(31-25)18-8-2-1-3-9-18)20-13-4-5-14-21(20)29(24)16-19-11-6-10-17-12-7-15-26-22(17)19;1-29-17-11-12-20-18(13-17)23(26-25-21(30-23)15-7-3-2-4-8-15)22(28)27(20)14-16-9-5-6-10-19(16)24;1-28-20-14-8-5-11-17(20)15-26-19-13-7-6-12-18(19)23(22(26)27)25-24-21(29-23)16-9-3-2-4-10-16;26-20-21(24-23-19(27-21)15-8-2-1-3-9-15)17-11-4-5-12-18(17)25(20)14-16-10-6-7-13-22-16;;;;/h1-15,28H,16H2;2-13,26H,14H2,1H3;2-14,25H,15H2,1H3;1-13,24H,14H2;4*1H4. The molecule has 4 atom stereocenters.